The molecular formula is C22H34F2O2. The van der Waals surface area contributed by atoms with Crippen molar-refractivity contribution in [1.29, 1.82) is 0 Å². The van der Waals surface area contributed by atoms with E-state index in [2.05, 4.69) is 13.8 Å². The summed E-state index contributed by atoms with van der Waals surface area (Å²) in [5, 5.41) is 0. The summed E-state index contributed by atoms with van der Waals surface area (Å²) in [6, 6.07) is 2.96. The first kappa shape index (κ1) is 21.0. The van der Waals surface area contributed by atoms with Crippen LogP contribution in [0.25, 0.3) is 0 Å². The molecule has 0 heterocycles. The molecule has 0 aromatic heterocycles. The summed E-state index contributed by atoms with van der Waals surface area (Å²) in [4.78, 5) is 0. The maximum atomic E-state index is 14.2. The van der Waals surface area contributed by atoms with Crippen LogP contribution in [0.5, 0.6) is 11.5 Å². The lowest BCUT2D eigenvalue weighted by Crippen LogP contribution is -2.20. The standard InChI is InChI=1S/C22H34F2O2/c1-3-5-7-15-25-19-13-14-20(22(24)21(19)23)26-16-18-11-9-17(10-12-18)8-6-4-2/h13-14,17-18H,3-12,15-16H2,1-2H3. The second kappa shape index (κ2) is 11.4. The van der Waals surface area contributed by atoms with E-state index in [0.717, 1.165) is 38.0 Å². The zero-order chi connectivity index (χ0) is 18.8. The summed E-state index contributed by atoms with van der Waals surface area (Å²) >= 11 is 0. The number of ether oxygens (including phenoxy) is 2. The molecule has 0 aliphatic heterocycles. The summed E-state index contributed by atoms with van der Waals surface area (Å²) in [7, 11) is 0. The van der Waals surface area contributed by atoms with Crippen LogP contribution >= 0.6 is 0 Å². The zero-order valence-electron chi connectivity index (χ0n) is 16.4. The first-order valence-electron chi connectivity index (χ1n) is 10.4. The highest BCUT2D eigenvalue weighted by atomic mass is 19.2. The number of hydrogen-bond acceptors (Lipinski definition) is 2. The summed E-state index contributed by atoms with van der Waals surface area (Å²) < 4.78 is 39.3. The second-order valence-electron chi connectivity index (χ2n) is 7.59. The molecule has 0 unspecified atom stereocenters. The van der Waals surface area contributed by atoms with Crippen LogP contribution in [-0.4, -0.2) is 13.2 Å². The predicted molar refractivity (Wildman–Crippen MR) is 102 cm³/mol. The highest BCUT2D eigenvalue weighted by Crippen LogP contribution is 2.33. The lowest BCUT2D eigenvalue weighted by atomic mass is 9.80. The Balaban J connectivity index is 1.78. The minimum absolute atomic E-state index is 0.00323. The lowest BCUT2D eigenvalue weighted by Gasteiger charge is -2.28. The van der Waals surface area contributed by atoms with Crippen molar-refractivity contribution in [3.63, 3.8) is 0 Å². The molecule has 1 aromatic carbocycles. The van der Waals surface area contributed by atoms with Gasteiger partial charge in [-0.1, -0.05) is 58.8 Å². The Morgan fingerprint density at radius 3 is 2.00 bits per heavy atom. The van der Waals surface area contributed by atoms with E-state index in [1.807, 2.05) is 0 Å². The van der Waals surface area contributed by atoms with E-state index in [-0.39, 0.29) is 11.5 Å². The minimum Gasteiger partial charge on any atom is -0.490 e. The topological polar surface area (TPSA) is 18.5 Å². The van der Waals surface area contributed by atoms with Crippen molar-refractivity contribution in [2.24, 2.45) is 11.8 Å². The molecule has 26 heavy (non-hydrogen) atoms. The molecule has 0 saturated heterocycles. The van der Waals surface area contributed by atoms with Gasteiger partial charge in [0.15, 0.2) is 11.5 Å². The van der Waals surface area contributed by atoms with Crippen molar-refractivity contribution in [2.75, 3.05) is 13.2 Å². The molecule has 2 nitrogen and oxygen atoms in total. The van der Waals surface area contributed by atoms with Crippen molar-refractivity contribution in [3.05, 3.63) is 23.8 Å². The van der Waals surface area contributed by atoms with Crippen molar-refractivity contribution in [3.8, 4) is 11.5 Å². The number of halogens is 2. The van der Waals surface area contributed by atoms with Gasteiger partial charge in [-0.25, -0.2) is 0 Å². The normalized spacial score (nSPS) is 20.2. The molecule has 148 valence electrons. The molecule has 1 aromatic rings. The highest BCUT2D eigenvalue weighted by molar-refractivity contribution is 5.35. The summed E-state index contributed by atoms with van der Waals surface area (Å²) in [5.74, 6) is -0.624. The van der Waals surface area contributed by atoms with Gasteiger partial charge >= 0.3 is 0 Å². The first-order chi connectivity index (χ1) is 12.7. The Morgan fingerprint density at radius 1 is 0.808 bits per heavy atom. The smallest absolute Gasteiger partial charge is 0.204 e. The van der Waals surface area contributed by atoms with Gasteiger partial charge in [-0.2, -0.15) is 8.78 Å². The maximum absolute atomic E-state index is 14.2. The Labute approximate surface area is 157 Å². The molecule has 4 heteroatoms. The van der Waals surface area contributed by atoms with Gasteiger partial charge in [-0.3, -0.25) is 0 Å². The monoisotopic (exact) mass is 368 g/mol. The van der Waals surface area contributed by atoms with Gasteiger partial charge in [-0.15, -0.1) is 0 Å². The van der Waals surface area contributed by atoms with Crippen molar-refractivity contribution in [1.82, 2.24) is 0 Å². The molecule has 0 N–H and O–H groups in total. The lowest BCUT2D eigenvalue weighted by molar-refractivity contribution is 0.172. The van der Waals surface area contributed by atoms with E-state index in [1.54, 1.807) is 0 Å². The van der Waals surface area contributed by atoms with E-state index in [9.17, 15) is 8.78 Å². The van der Waals surface area contributed by atoms with E-state index < -0.39 is 11.6 Å². The highest BCUT2D eigenvalue weighted by Gasteiger charge is 2.22. The molecule has 1 aliphatic carbocycles. The fourth-order valence-corrected chi connectivity index (χ4v) is 3.66. The third-order valence-corrected chi connectivity index (χ3v) is 5.42. The summed E-state index contributed by atoms with van der Waals surface area (Å²) in [6.07, 6.45) is 11.5. The van der Waals surface area contributed by atoms with Crippen LogP contribution in [0.2, 0.25) is 0 Å². The number of benzene rings is 1. The summed E-state index contributed by atoms with van der Waals surface area (Å²) in [6.45, 7) is 5.19. The van der Waals surface area contributed by atoms with Crippen molar-refractivity contribution >= 4 is 0 Å². The maximum Gasteiger partial charge on any atom is 0.204 e. The van der Waals surface area contributed by atoms with Gasteiger partial charge in [0.25, 0.3) is 0 Å². The molecule has 1 saturated carbocycles. The quantitative estimate of drug-likeness (QED) is 0.395. The van der Waals surface area contributed by atoms with Gasteiger partial charge < -0.3 is 9.47 Å². The third kappa shape index (κ3) is 6.44. The molecule has 0 radical (unpaired) electrons. The van der Waals surface area contributed by atoms with Gasteiger partial charge in [-0.05, 0) is 43.2 Å². The predicted octanol–water partition coefficient (Wildman–Crippen LogP) is 6.91. The van der Waals surface area contributed by atoms with Crippen LogP contribution in [0.3, 0.4) is 0 Å². The van der Waals surface area contributed by atoms with Crippen LogP contribution in [0, 0.1) is 23.5 Å². The third-order valence-electron chi connectivity index (χ3n) is 5.42. The fraction of sp³-hybridized carbons (Fsp3) is 0.727. The molecule has 0 amide bonds. The Kier molecular flexibility index (Phi) is 9.21. The minimum atomic E-state index is -0.942. The molecule has 0 atom stereocenters. The van der Waals surface area contributed by atoms with Gasteiger partial charge in [0.05, 0.1) is 13.2 Å². The number of unbranched alkanes of at least 4 members (excludes halogenated alkanes) is 3. The van der Waals surface area contributed by atoms with Crippen LogP contribution in [0.4, 0.5) is 8.78 Å². The van der Waals surface area contributed by atoms with E-state index in [4.69, 9.17) is 9.47 Å². The van der Waals surface area contributed by atoms with Gasteiger partial charge in [0.2, 0.25) is 11.6 Å². The number of rotatable bonds is 11. The van der Waals surface area contributed by atoms with Crippen molar-refractivity contribution in [2.45, 2.75) is 78.1 Å². The Morgan fingerprint density at radius 2 is 1.38 bits per heavy atom. The molecular weight excluding hydrogens is 334 g/mol. The average molecular weight is 369 g/mol. The molecule has 0 bridgehead atoms. The van der Waals surface area contributed by atoms with Gasteiger partial charge in [0.1, 0.15) is 0 Å². The van der Waals surface area contributed by atoms with Crippen LogP contribution in [0.1, 0.15) is 78.1 Å². The average Bonchev–Trinajstić information content (AvgIpc) is 2.67. The zero-order valence-corrected chi connectivity index (χ0v) is 16.4. The van der Waals surface area contributed by atoms with Crippen LogP contribution in [-0.2, 0) is 0 Å². The van der Waals surface area contributed by atoms with E-state index in [0.29, 0.717) is 19.1 Å². The molecule has 1 aliphatic rings. The van der Waals surface area contributed by atoms with Crippen molar-refractivity contribution < 1.29 is 18.3 Å². The molecule has 1 fully saturated rings. The Hall–Kier alpha value is -1.32. The summed E-state index contributed by atoms with van der Waals surface area (Å²) in [5.41, 5.74) is 0. The number of hydrogen-bond donors (Lipinski definition) is 0. The van der Waals surface area contributed by atoms with Gasteiger partial charge in [0, 0.05) is 0 Å². The largest absolute Gasteiger partial charge is 0.490 e. The molecule has 2 rings (SSSR count). The van der Waals surface area contributed by atoms with Crippen LogP contribution in [0.15, 0.2) is 12.1 Å². The Bertz CT molecular complexity index is 525. The van der Waals surface area contributed by atoms with E-state index in [1.165, 1.54) is 44.2 Å². The van der Waals surface area contributed by atoms with Crippen LogP contribution < -0.4 is 9.47 Å². The molecule has 0 spiro atoms. The first-order valence-corrected chi connectivity index (χ1v) is 10.4. The van der Waals surface area contributed by atoms with E-state index >= 15 is 0 Å². The second-order valence-corrected chi connectivity index (χ2v) is 7.59. The fourth-order valence-electron chi connectivity index (χ4n) is 3.66. The SMILES string of the molecule is CCCCCOc1ccc(OCC2CCC(CCCC)CC2)c(F)c1F.